The van der Waals surface area contributed by atoms with Crippen LogP contribution in [0.1, 0.15) is 41.6 Å². The quantitative estimate of drug-likeness (QED) is 0.873. The summed E-state index contributed by atoms with van der Waals surface area (Å²) in [5.74, 6) is -1.61. The van der Waals surface area contributed by atoms with E-state index in [1.807, 2.05) is 0 Å². The number of hydrogen-bond donors (Lipinski definition) is 2. The first-order valence-corrected chi connectivity index (χ1v) is 7.94. The SMILES string of the molecule is NC1(c2c(F)cc3c(=O)c(C(=O)O)cn4c3c2OCC42CC2)CC1. The molecule has 2 fully saturated rings. The number of ether oxygens (including phenoxy) is 1. The average molecular weight is 330 g/mol. The number of hydrogen-bond acceptors (Lipinski definition) is 4. The maximum atomic E-state index is 14.7. The van der Waals surface area contributed by atoms with Gasteiger partial charge in [-0.25, -0.2) is 9.18 Å². The Kier molecular flexibility index (Phi) is 2.31. The molecule has 1 aliphatic heterocycles. The lowest BCUT2D eigenvalue weighted by Crippen LogP contribution is -2.35. The van der Waals surface area contributed by atoms with Crippen molar-refractivity contribution >= 4 is 16.9 Å². The molecule has 0 bridgehead atoms. The van der Waals surface area contributed by atoms with E-state index in [-0.39, 0.29) is 16.5 Å². The Labute approximate surface area is 135 Å². The first-order valence-electron chi connectivity index (χ1n) is 7.94. The average Bonchev–Trinajstić information content (AvgIpc) is 3.44. The number of carboxylic acid groups (broad SMARTS) is 1. The molecular formula is C17H15FN2O4. The topological polar surface area (TPSA) is 94.5 Å². The maximum absolute atomic E-state index is 14.7. The van der Waals surface area contributed by atoms with Crippen molar-refractivity contribution in [2.75, 3.05) is 6.61 Å². The lowest BCUT2D eigenvalue weighted by atomic mass is 9.97. The molecule has 6 nitrogen and oxygen atoms in total. The van der Waals surface area contributed by atoms with Crippen molar-refractivity contribution in [1.29, 1.82) is 0 Å². The predicted molar refractivity (Wildman–Crippen MR) is 82.9 cm³/mol. The molecule has 2 saturated carbocycles. The van der Waals surface area contributed by atoms with Crippen LogP contribution < -0.4 is 15.9 Å². The van der Waals surface area contributed by atoms with Crippen LogP contribution in [0.2, 0.25) is 0 Å². The van der Waals surface area contributed by atoms with Crippen LogP contribution in [0.5, 0.6) is 5.75 Å². The van der Waals surface area contributed by atoms with Crippen molar-refractivity contribution in [2.24, 2.45) is 5.73 Å². The third-order valence-corrected chi connectivity index (χ3v) is 5.54. The highest BCUT2D eigenvalue weighted by Gasteiger charge is 2.52. The summed E-state index contributed by atoms with van der Waals surface area (Å²) in [7, 11) is 0. The molecule has 24 heavy (non-hydrogen) atoms. The van der Waals surface area contributed by atoms with Crippen LogP contribution in [0.4, 0.5) is 4.39 Å². The number of rotatable bonds is 2. The number of halogens is 1. The molecule has 0 unspecified atom stereocenters. The fourth-order valence-electron chi connectivity index (χ4n) is 3.75. The summed E-state index contributed by atoms with van der Waals surface area (Å²) in [5, 5.41) is 9.37. The first kappa shape index (κ1) is 14.0. The number of carbonyl (C=O) groups is 1. The summed E-state index contributed by atoms with van der Waals surface area (Å²) in [4.78, 5) is 24.0. The van der Waals surface area contributed by atoms with Crippen LogP contribution in [0.15, 0.2) is 17.1 Å². The van der Waals surface area contributed by atoms with Gasteiger partial charge in [-0.2, -0.15) is 0 Å². The van der Waals surface area contributed by atoms with E-state index < -0.39 is 22.8 Å². The van der Waals surface area contributed by atoms with Gasteiger partial charge in [-0.05, 0) is 31.7 Å². The zero-order chi connectivity index (χ0) is 16.9. The largest absolute Gasteiger partial charge is 0.488 e. The zero-order valence-corrected chi connectivity index (χ0v) is 12.8. The van der Waals surface area contributed by atoms with E-state index in [2.05, 4.69) is 0 Å². The molecule has 0 saturated heterocycles. The van der Waals surface area contributed by atoms with E-state index in [4.69, 9.17) is 10.5 Å². The van der Waals surface area contributed by atoms with Crippen LogP contribution in [0, 0.1) is 5.82 Å². The Balaban J connectivity index is 1.97. The molecule has 2 heterocycles. The lowest BCUT2D eigenvalue weighted by molar-refractivity contribution is 0.0694. The monoisotopic (exact) mass is 330 g/mol. The van der Waals surface area contributed by atoms with Gasteiger partial charge < -0.3 is 20.1 Å². The molecule has 1 aromatic heterocycles. The Morgan fingerprint density at radius 2 is 2.04 bits per heavy atom. The number of nitrogens with zero attached hydrogens (tertiary/aromatic N) is 1. The van der Waals surface area contributed by atoms with Gasteiger partial charge in [0.05, 0.1) is 22.0 Å². The fourth-order valence-corrected chi connectivity index (χ4v) is 3.75. The van der Waals surface area contributed by atoms with Crippen molar-refractivity contribution in [3.05, 3.63) is 39.4 Å². The smallest absolute Gasteiger partial charge is 0.341 e. The Morgan fingerprint density at radius 1 is 1.33 bits per heavy atom. The van der Waals surface area contributed by atoms with Gasteiger partial charge in [-0.15, -0.1) is 0 Å². The maximum Gasteiger partial charge on any atom is 0.341 e. The van der Waals surface area contributed by atoms with E-state index in [9.17, 15) is 19.1 Å². The molecule has 1 aromatic carbocycles. The highest BCUT2D eigenvalue weighted by molar-refractivity contribution is 5.95. The van der Waals surface area contributed by atoms with Crippen LogP contribution >= 0.6 is 0 Å². The number of benzene rings is 1. The van der Waals surface area contributed by atoms with Crippen molar-refractivity contribution in [3.63, 3.8) is 0 Å². The van der Waals surface area contributed by atoms with E-state index in [1.165, 1.54) is 6.20 Å². The fraction of sp³-hybridized carbons (Fsp3) is 0.412. The number of carboxylic acids is 1. The predicted octanol–water partition coefficient (Wildman–Crippen LogP) is 1.67. The summed E-state index contributed by atoms with van der Waals surface area (Å²) < 4.78 is 22.4. The zero-order valence-electron chi connectivity index (χ0n) is 12.8. The molecule has 2 aliphatic carbocycles. The summed E-state index contributed by atoms with van der Waals surface area (Å²) in [6.07, 6.45) is 4.38. The molecule has 1 spiro atoms. The minimum atomic E-state index is -1.31. The van der Waals surface area contributed by atoms with E-state index in [1.54, 1.807) is 4.57 Å². The first-order chi connectivity index (χ1) is 11.4. The van der Waals surface area contributed by atoms with Crippen LogP contribution in [-0.2, 0) is 11.1 Å². The van der Waals surface area contributed by atoms with Gasteiger partial charge in [0.15, 0.2) is 5.75 Å². The van der Waals surface area contributed by atoms with Gasteiger partial charge in [0, 0.05) is 11.7 Å². The highest BCUT2D eigenvalue weighted by atomic mass is 19.1. The Morgan fingerprint density at radius 3 is 2.62 bits per heavy atom. The second-order valence-corrected chi connectivity index (χ2v) is 7.17. The standard InChI is InChI=1S/C17H15FN2O4/c18-10-5-8-12-14(11(10)17(19)3-4-17)24-7-16(1-2-16)20(12)6-9(13(8)21)15(22)23/h5-6H,1-4,7,19H2,(H,22,23). The minimum absolute atomic E-state index is 0.0429. The summed E-state index contributed by atoms with van der Waals surface area (Å²) in [6.45, 7) is 0.337. The number of pyridine rings is 1. The normalized spacial score (nSPS) is 21.6. The van der Waals surface area contributed by atoms with Crippen molar-refractivity contribution in [1.82, 2.24) is 4.57 Å². The number of fused-ring (bicyclic) bond motifs is 1. The van der Waals surface area contributed by atoms with Crippen LogP contribution in [0.25, 0.3) is 10.9 Å². The van der Waals surface area contributed by atoms with Gasteiger partial charge in [0.2, 0.25) is 5.43 Å². The second kappa shape index (κ2) is 3.97. The van der Waals surface area contributed by atoms with Gasteiger partial charge in [0.25, 0.3) is 0 Å². The molecule has 3 aliphatic rings. The van der Waals surface area contributed by atoms with Crippen LogP contribution in [0.3, 0.4) is 0 Å². The van der Waals surface area contributed by atoms with Crippen molar-refractivity contribution in [3.8, 4) is 5.75 Å². The molecule has 0 radical (unpaired) electrons. The van der Waals surface area contributed by atoms with Gasteiger partial charge in [-0.1, -0.05) is 0 Å². The number of nitrogens with two attached hydrogens (primary N) is 1. The third kappa shape index (κ3) is 1.57. The van der Waals surface area contributed by atoms with Gasteiger partial charge in [-0.3, -0.25) is 4.79 Å². The molecular weight excluding hydrogens is 315 g/mol. The number of aromatic nitrogens is 1. The van der Waals surface area contributed by atoms with Crippen molar-refractivity contribution < 1.29 is 19.0 Å². The van der Waals surface area contributed by atoms with E-state index >= 15 is 0 Å². The number of aromatic carboxylic acids is 1. The molecule has 7 heteroatoms. The molecule has 0 atom stereocenters. The molecule has 3 N–H and O–H groups in total. The van der Waals surface area contributed by atoms with Crippen LogP contribution in [-0.4, -0.2) is 22.2 Å². The molecule has 5 rings (SSSR count). The van der Waals surface area contributed by atoms with Crippen molar-refractivity contribution in [2.45, 2.75) is 36.8 Å². The Hall–Kier alpha value is -2.41. The lowest BCUT2D eigenvalue weighted by Gasteiger charge is -2.31. The van der Waals surface area contributed by atoms with Gasteiger partial charge in [0.1, 0.15) is 18.0 Å². The summed E-state index contributed by atoms with van der Waals surface area (Å²) in [6, 6.07) is 1.12. The molecule has 0 amide bonds. The third-order valence-electron chi connectivity index (χ3n) is 5.54. The Bertz CT molecular complexity index is 1000. The molecule has 124 valence electrons. The second-order valence-electron chi connectivity index (χ2n) is 7.17. The summed E-state index contributed by atoms with van der Waals surface area (Å²) in [5.41, 5.74) is 4.87. The van der Waals surface area contributed by atoms with Gasteiger partial charge >= 0.3 is 5.97 Å². The van der Waals surface area contributed by atoms with E-state index in [0.717, 1.165) is 18.9 Å². The highest BCUT2D eigenvalue weighted by Crippen LogP contribution is 2.54. The van der Waals surface area contributed by atoms with E-state index in [0.29, 0.717) is 36.3 Å². The molecule has 2 aromatic rings. The minimum Gasteiger partial charge on any atom is -0.488 e. The summed E-state index contributed by atoms with van der Waals surface area (Å²) >= 11 is 0.